The first kappa shape index (κ1) is 10.7. The second kappa shape index (κ2) is 6.73. The van der Waals surface area contributed by atoms with Gasteiger partial charge < -0.3 is 0 Å². The van der Waals surface area contributed by atoms with Crippen LogP contribution in [0.2, 0.25) is 0 Å². The normalized spacial score (nSPS) is 7.67. The first-order valence-electron chi connectivity index (χ1n) is 1.69. The molecule has 0 N–H and O–H groups in total. The Hall–Kier alpha value is 1.73. The molecule has 0 unspecified atom stereocenters. The van der Waals surface area contributed by atoms with Crippen molar-refractivity contribution < 1.29 is 51.2 Å². The summed E-state index contributed by atoms with van der Waals surface area (Å²) in [7, 11) is 2.10. The fourth-order valence-corrected chi connectivity index (χ4v) is 0. The third-order valence-electron chi connectivity index (χ3n) is 0.474. The molecule has 1 nitrogen and oxygen atoms in total. The van der Waals surface area contributed by atoms with E-state index in [2.05, 4.69) is 16.8 Å². The summed E-state index contributed by atoms with van der Waals surface area (Å²) in [6.45, 7) is 3.33. The fourth-order valence-electron chi connectivity index (χ4n) is 0. The SMILES string of the molecule is CC[N](C)[Zr].[Zr]. The van der Waals surface area contributed by atoms with Crippen molar-refractivity contribution in [1.29, 1.82) is 0 Å². The fraction of sp³-hybridized carbons (Fsp3) is 1.00. The summed E-state index contributed by atoms with van der Waals surface area (Å²) in [6.07, 6.45) is 0. The van der Waals surface area contributed by atoms with E-state index in [0.717, 1.165) is 0 Å². The molecule has 0 amide bonds. The van der Waals surface area contributed by atoms with E-state index in [9.17, 15) is 0 Å². The Balaban J connectivity index is 0. The van der Waals surface area contributed by atoms with E-state index >= 15 is 0 Å². The van der Waals surface area contributed by atoms with Crippen molar-refractivity contribution >= 4 is 0 Å². The number of rotatable bonds is 1. The van der Waals surface area contributed by atoms with Gasteiger partial charge in [0.2, 0.25) is 0 Å². The first-order valence-corrected chi connectivity index (χ1v) is 2.79. The molecule has 0 rings (SSSR count). The molecule has 3 heteroatoms. The molecule has 6 heavy (non-hydrogen) atoms. The van der Waals surface area contributed by atoms with Crippen LogP contribution in [0.3, 0.4) is 0 Å². The third-order valence-corrected chi connectivity index (χ3v) is 1.25. The molecule has 0 aliphatic heterocycles. The smallest absolute Gasteiger partial charge is 0 e. The van der Waals surface area contributed by atoms with Crippen LogP contribution < -0.4 is 0 Å². The maximum atomic E-state index is 2.22. The third kappa shape index (κ3) is 9.21. The van der Waals surface area contributed by atoms with Crippen molar-refractivity contribution in [1.82, 2.24) is 2.84 Å². The van der Waals surface area contributed by atoms with Crippen molar-refractivity contribution in [2.45, 2.75) is 6.92 Å². The molecule has 0 heterocycles. The van der Waals surface area contributed by atoms with Gasteiger partial charge in [0.05, 0.1) is 0 Å². The molecular weight excluding hydrogens is 232 g/mol. The molecule has 0 aromatic rings. The Morgan fingerprint density at radius 1 is 1.67 bits per heavy atom. The van der Waals surface area contributed by atoms with Crippen LogP contribution in [-0.2, 0) is 51.2 Å². The van der Waals surface area contributed by atoms with E-state index in [4.69, 9.17) is 0 Å². The predicted octanol–water partition coefficient (Wildman–Crippen LogP) is 0.397. The van der Waals surface area contributed by atoms with Crippen LogP contribution in [0.25, 0.3) is 0 Å². The predicted molar refractivity (Wildman–Crippen MR) is 18.3 cm³/mol. The average molecular weight is 241 g/mol. The molecule has 0 saturated carbocycles. The van der Waals surface area contributed by atoms with Crippen molar-refractivity contribution in [3.8, 4) is 0 Å². The Morgan fingerprint density at radius 2 is 1.83 bits per heavy atom. The molecule has 33 valence electrons. The molecule has 0 aliphatic rings. The molecule has 0 radical (unpaired) electrons. The minimum absolute atomic E-state index is 0. The Labute approximate surface area is 73.8 Å². The largest absolute Gasteiger partial charge is 0 e. The summed E-state index contributed by atoms with van der Waals surface area (Å²) in [6, 6.07) is 0. The van der Waals surface area contributed by atoms with Crippen molar-refractivity contribution in [3.63, 3.8) is 0 Å². The van der Waals surface area contributed by atoms with Gasteiger partial charge in [0, 0.05) is 26.2 Å². The zero-order valence-corrected chi connectivity index (χ0v) is 9.07. The van der Waals surface area contributed by atoms with E-state index in [-0.39, 0.29) is 26.2 Å². The summed E-state index contributed by atoms with van der Waals surface area (Å²) < 4.78 is 2.22. The number of nitrogens with zero attached hydrogens (tertiary/aromatic N) is 1. The van der Waals surface area contributed by atoms with Crippen LogP contribution in [0.4, 0.5) is 0 Å². The number of hydrogen-bond acceptors (Lipinski definition) is 1. The van der Waals surface area contributed by atoms with E-state index in [1.54, 1.807) is 0 Å². The summed E-state index contributed by atoms with van der Waals surface area (Å²) in [5.74, 6) is 0. The second-order valence-corrected chi connectivity index (χ2v) is 2.89. The van der Waals surface area contributed by atoms with Gasteiger partial charge in [-0.05, 0) is 0 Å². The van der Waals surface area contributed by atoms with Crippen molar-refractivity contribution in [3.05, 3.63) is 0 Å². The minimum Gasteiger partial charge on any atom is 0 e. The molecule has 0 aromatic carbocycles. The second-order valence-electron chi connectivity index (χ2n) is 1.01. The molecule has 0 saturated heterocycles. The van der Waals surface area contributed by atoms with Crippen LogP contribution in [0, 0.1) is 0 Å². The van der Waals surface area contributed by atoms with Gasteiger partial charge in [0.15, 0.2) is 0 Å². The van der Waals surface area contributed by atoms with Crippen LogP contribution in [0.15, 0.2) is 0 Å². The molecule has 0 aromatic heterocycles. The monoisotopic (exact) mass is 238 g/mol. The zero-order valence-electron chi connectivity index (χ0n) is 4.15. The maximum absolute atomic E-state index is 2.22. The van der Waals surface area contributed by atoms with E-state index < -0.39 is 0 Å². The van der Waals surface area contributed by atoms with Gasteiger partial charge in [0.1, 0.15) is 0 Å². The van der Waals surface area contributed by atoms with Gasteiger partial charge in [0.25, 0.3) is 0 Å². The van der Waals surface area contributed by atoms with E-state index in [0.29, 0.717) is 0 Å². The Bertz CT molecular complexity index is 22.8. The van der Waals surface area contributed by atoms with Crippen LogP contribution >= 0.6 is 0 Å². The molecule has 0 aliphatic carbocycles. The molecule has 0 spiro atoms. The molecular formula is C3H8NZr2. The van der Waals surface area contributed by atoms with Gasteiger partial charge in [-0.1, -0.05) is 0 Å². The molecule has 0 bridgehead atoms. The standard InChI is InChI=1S/C3H8N.2Zr/c1-3-4-2;;/h3H2,1-2H3;;/q-1;;+1. The average Bonchev–Trinajstić information content (AvgIpc) is 1.38. The summed E-state index contributed by atoms with van der Waals surface area (Å²) in [4.78, 5) is 0. The first-order chi connectivity index (χ1) is 2.27. The van der Waals surface area contributed by atoms with Gasteiger partial charge in [-0.25, -0.2) is 0 Å². The summed E-state index contributed by atoms with van der Waals surface area (Å²) in [5, 5.41) is 0. The molecule has 0 atom stereocenters. The van der Waals surface area contributed by atoms with Crippen LogP contribution in [0.1, 0.15) is 6.92 Å². The van der Waals surface area contributed by atoms with E-state index in [1.807, 2.05) is 0 Å². The Kier molecular flexibility index (Phi) is 12.0. The summed E-state index contributed by atoms with van der Waals surface area (Å²) >= 11 is 1.50. The summed E-state index contributed by atoms with van der Waals surface area (Å²) in [5.41, 5.74) is 0. The van der Waals surface area contributed by atoms with Crippen LogP contribution in [-0.4, -0.2) is 16.4 Å². The quantitative estimate of drug-likeness (QED) is 0.641. The number of hydrogen-bond donors (Lipinski definition) is 0. The van der Waals surface area contributed by atoms with Gasteiger partial charge in [-0.15, -0.1) is 0 Å². The zero-order chi connectivity index (χ0) is 4.28. The van der Waals surface area contributed by atoms with E-state index in [1.165, 1.54) is 31.6 Å². The Morgan fingerprint density at radius 3 is 1.83 bits per heavy atom. The van der Waals surface area contributed by atoms with Crippen LogP contribution in [0.5, 0.6) is 0 Å². The topological polar surface area (TPSA) is 3.24 Å². The minimum atomic E-state index is 0. The molecule has 0 fully saturated rings. The van der Waals surface area contributed by atoms with Crippen molar-refractivity contribution in [2.24, 2.45) is 0 Å². The van der Waals surface area contributed by atoms with Gasteiger partial charge in [-0.3, -0.25) is 0 Å². The van der Waals surface area contributed by atoms with Gasteiger partial charge >= 0.3 is 48.4 Å². The maximum Gasteiger partial charge on any atom is 0 e. The van der Waals surface area contributed by atoms with Gasteiger partial charge in [-0.2, -0.15) is 0 Å². The van der Waals surface area contributed by atoms with Crippen molar-refractivity contribution in [2.75, 3.05) is 13.6 Å².